The van der Waals surface area contributed by atoms with Crippen LogP contribution in [0.15, 0.2) is 70.2 Å². The molecule has 3 rings (SSSR count). The predicted molar refractivity (Wildman–Crippen MR) is 104 cm³/mol. The number of ether oxygens (including phenoxy) is 1. The van der Waals surface area contributed by atoms with Gasteiger partial charge in [-0.05, 0) is 49.4 Å². The Morgan fingerprint density at radius 2 is 1.96 bits per heavy atom. The average Bonchev–Trinajstić information content (AvgIpc) is 3.19. The van der Waals surface area contributed by atoms with Crippen molar-refractivity contribution in [1.29, 1.82) is 0 Å². The summed E-state index contributed by atoms with van der Waals surface area (Å²) >= 11 is 1.72. The molecule has 0 aliphatic heterocycles. The van der Waals surface area contributed by atoms with E-state index >= 15 is 0 Å². The first-order valence-electron chi connectivity index (χ1n) is 8.32. The lowest BCUT2D eigenvalue weighted by atomic mass is 10.1. The minimum absolute atomic E-state index is 0.134. The standard InChI is InChI=1S/C21H21NO3S/c1-15-5-8-19(9-6-15)26-14-17-12-16(7-10-20(17)24-2)21(23)22-13-18-4-3-11-25-18/h3-12H,13-14H2,1-2H3,(H,22,23). The molecule has 1 amide bonds. The number of thioether (sulfide) groups is 1. The molecule has 0 aliphatic rings. The summed E-state index contributed by atoms with van der Waals surface area (Å²) in [6.07, 6.45) is 1.59. The first-order chi connectivity index (χ1) is 12.7. The molecule has 0 fully saturated rings. The molecule has 0 saturated carbocycles. The number of amides is 1. The summed E-state index contributed by atoms with van der Waals surface area (Å²) in [5, 5.41) is 2.87. The summed E-state index contributed by atoms with van der Waals surface area (Å²) in [4.78, 5) is 13.6. The third-order valence-electron chi connectivity index (χ3n) is 3.96. The fourth-order valence-corrected chi connectivity index (χ4v) is 3.39. The van der Waals surface area contributed by atoms with Crippen LogP contribution in [0, 0.1) is 6.92 Å². The zero-order valence-corrected chi connectivity index (χ0v) is 15.6. The number of furan rings is 1. The second-order valence-electron chi connectivity index (χ2n) is 5.89. The number of rotatable bonds is 7. The highest BCUT2D eigenvalue weighted by atomic mass is 32.2. The van der Waals surface area contributed by atoms with E-state index in [0.29, 0.717) is 12.1 Å². The van der Waals surface area contributed by atoms with E-state index in [9.17, 15) is 4.79 Å². The Labute approximate surface area is 157 Å². The van der Waals surface area contributed by atoms with Crippen molar-refractivity contribution in [3.05, 3.63) is 83.3 Å². The lowest BCUT2D eigenvalue weighted by Crippen LogP contribution is -2.22. The van der Waals surface area contributed by atoms with Crippen LogP contribution in [0.3, 0.4) is 0 Å². The molecule has 0 atom stereocenters. The van der Waals surface area contributed by atoms with E-state index in [1.54, 1.807) is 37.3 Å². The van der Waals surface area contributed by atoms with Crippen LogP contribution >= 0.6 is 11.8 Å². The van der Waals surface area contributed by atoms with Crippen molar-refractivity contribution in [2.45, 2.75) is 24.1 Å². The molecule has 2 aromatic carbocycles. The monoisotopic (exact) mass is 367 g/mol. The second kappa shape index (κ2) is 8.63. The molecule has 1 heterocycles. The first kappa shape index (κ1) is 18.1. The summed E-state index contributed by atoms with van der Waals surface area (Å²) in [5.74, 6) is 2.10. The zero-order chi connectivity index (χ0) is 18.4. The van der Waals surface area contributed by atoms with E-state index in [-0.39, 0.29) is 5.91 Å². The third-order valence-corrected chi connectivity index (χ3v) is 5.02. The highest BCUT2D eigenvalue weighted by molar-refractivity contribution is 7.98. The van der Waals surface area contributed by atoms with Gasteiger partial charge in [0.1, 0.15) is 11.5 Å². The van der Waals surface area contributed by atoms with Crippen molar-refractivity contribution in [3.8, 4) is 5.75 Å². The number of methoxy groups -OCH3 is 1. The molecule has 0 bridgehead atoms. The zero-order valence-electron chi connectivity index (χ0n) is 14.8. The summed E-state index contributed by atoms with van der Waals surface area (Å²) in [6, 6.07) is 17.5. The Morgan fingerprint density at radius 1 is 1.15 bits per heavy atom. The largest absolute Gasteiger partial charge is 0.496 e. The number of benzene rings is 2. The molecule has 3 aromatic rings. The molecule has 0 spiro atoms. The topological polar surface area (TPSA) is 51.5 Å². The Hall–Kier alpha value is -2.66. The molecule has 1 N–H and O–H groups in total. The molecule has 5 heteroatoms. The van der Waals surface area contributed by atoms with Crippen LogP contribution in [0.1, 0.15) is 27.2 Å². The van der Waals surface area contributed by atoms with Gasteiger partial charge in [-0.2, -0.15) is 0 Å². The smallest absolute Gasteiger partial charge is 0.251 e. The maximum absolute atomic E-state index is 12.4. The van der Waals surface area contributed by atoms with Crippen LogP contribution in [0.25, 0.3) is 0 Å². The molecule has 0 unspecified atom stereocenters. The van der Waals surface area contributed by atoms with E-state index in [0.717, 1.165) is 22.8 Å². The molecule has 4 nitrogen and oxygen atoms in total. The van der Waals surface area contributed by atoms with Gasteiger partial charge in [0, 0.05) is 21.8 Å². The Morgan fingerprint density at radius 3 is 2.65 bits per heavy atom. The number of aryl methyl sites for hydroxylation is 1. The number of hydrogen-bond donors (Lipinski definition) is 1. The summed E-state index contributed by atoms with van der Waals surface area (Å²) in [6.45, 7) is 2.44. The maximum atomic E-state index is 12.4. The highest BCUT2D eigenvalue weighted by Crippen LogP contribution is 2.29. The van der Waals surface area contributed by atoms with Crippen LogP contribution in [0.2, 0.25) is 0 Å². The van der Waals surface area contributed by atoms with Gasteiger partial charge in [0.15, 0.2) is 0 Å². The summed E-state index contributed by atoms with van der Waals surface area (Å²) in [5.41, 5.74) is 2.84. The minimum atomic E-state index is -0.134. The van der Waals surface area contributed by atoms with E-state index < -0.39 is 0 Å². The minimum Gasteiger partial charge on any atom is -0.496 e. The Bertz CT molecular complexity index is 857. The molecule has 1 aromatic heterocycles. The third kappa shape index (κ3) is 4.70. The normalized spacial score (nSPS) is 10.5. The van der Waals surface area contributed by atoms with Crippen molar-refractivity contribution in [3.63, 3.8) is 0 Å². The van der Waals surface area contributed by atoms with Gasteiger partial charge < -0.3 is 14.5 Å². The maximum Gasteiger partial charge on any atom is 0.251 e. The Balaban J connectivity index is 1.68. The first-order valence-corrected chi connectivity index (χ1v) is 9.31. The molecule has 134 valence electrons. The number of hydrogen-bond acceptors (Lipinski definition) is 4. The van der Waals surface area contributed by atoms with Gasteiger partial charge in [-0.1, -0.05) is 17.7 Å². The van der Waals surface area contributed by atoms with Gasteiger partial charge in [0.05, 0.1) is 19.9 Å². The fourth-order valence-electron chi connectivity index (χ4n) is 2.51. The van der Waals surface area contributed by atoms with Gasteiger partial charge in [0.25, 0.3) is 5.91 Å². The van der Waals surface area contributed by atoms with Crippen molar-refractivity contribution >= 4 is 17.7 Å². The van der Waals surface area contributed by atoms with E-state index in [2.05, 4.69) is 36.5 Å². The van der Waals surface area contributed by atoms with Crippen molar-refractivity contribution in [2.75, 3.05) is 7.11 Å². The van der Waals surface area contributed by atoms with Crippen molar-refractivity contribution in [1.82, 2.24) is 5.32 Å². The number of carbonyl (C=O) groups excluding carboxylic acids is 1. The number of nitrogens with one attached hydrogen (secondary N) is 1. The summed E-state index contributed by atoms with van der Waals surface area (Å²) in [7, 11) is 1.64. The highest BCUT2D eigenvalue weighted by Gasteiger charge is 2.11. The van der Waals surface area contributed by atoms with Crippen molar-refractivity contribution in [2.24, 2.45) is 0 Å². The second-order valence-corrected chi connectivity index (χ2v) is 6.94. The molecule has 26 heavy (non-hydrogen) atoms. The van der Waals surface area contributed by atoms with E-state index in [1.165, 1.54) is 10.5 Å². The van der Waals surface area contributed by atoms with Crippen LogP contribution in [0.5, 0.6) is 5.75 Å². The molecular formula is C21H21NO3S. The SMILES string of the molecule is COc1ccc(C(=O)NCc2ccco2)cc1CSc1ccc(C)cc1. The summed E-state index contributed by atoms with van der Waals surface area (Å²) < 4.78 is 10.7. The lowest BCUT2D eigenvalue weighted by Gasteiger charge is -2.11. The van der Waals surface area contributed by atoms with Gasteiger partial charge in [-0.3, -0.25) is 4.79 Å². The van der Waals surface area contributed by atoms with Crippen LogP contribution in [-0.2, 0) is 12.3 Å². The number of carbonyl (C=O) groups is 1. The average molecular weight is 367 g/mol. The van der Waals surface area contributed by atoms with E-state index in [4.69, 9.17) is 9.15 Å². The van der Waals surface area contributed by atoms with Crippen LogP contribution in [0.4, 0.5) is 0 Å². The van der Waals surface area contributed by atoms with Crippen molar-refractivity contribution < 1.29 is 13.9 Å². The molecule has 0 radical (unpaired) electrons. The van der Waals surface area contributed by atoms with Gasteiger partial charge in [-0.25, -0.2) is 0 Å². The molecule has 0 aliphatic carbocycles. The van der Waals surface area contributed by atoms with Gasteiger partial charge >= 0.3 is 0 Å². The van der Waals surface area contributed by atoms with Crippen LogP contribution < -0.4 is 10.1 Å². The van der Waals surface area contributed by atoms with E-state index in [1.807, 2.05) is 18.2 Å². The molecule has 0 saturated heterocycles. The Kier molecular flexibility index (Phi) is 6.02. The van der Waals surface area contributed by atoms with Gasteiger partial charge in [-0.15, -0.1) is 11.8 Å². The lowest BCUT2D eigenvalue weighted by molar-refractivity contribution is 0.0948. The van der Waals surface area contributed by atoms with Crippen LogP contribution in [-0.4, -0.2) is 13.0 Å². The predicted octanol–water partition coefficient (Wildman–Crippen LogP) is 4.82. The quantitative estimate of drug-likeness (QED) is 0.608. The molecular weight excluding hydrogens is 346 g/mol. The fraction of sp³-hybridized carbons (Fsp3) is 0.190. The van der Waals surface area contributed by atoms with Gasteiger partial charge in [0.2, 0.25) is 0 Å².